The molecule has 4 rings (SSSR count). The number of ether oxygens (including phenoxy) is 1. The fourth-order valence-electron chi connectivity index (χ4n) is 3.99. The predicted molar refractivity (Wildman–Crippen MR) is 97.4 cm³/mol. The van der Waals surface area contributed by atoms with E-state index in [9.17, 15) is 22.8 Å². The Balaban J connectivity index is 1.23. The van der Waals surface area contributed by atoms with E-state index in [4.69, 9.17) is 4.74 Å². The Kier molecular flexibility index (Phi) is 5.26. The molecule has 29 heavy (non-hydrogen) atoms. The van der Waals surface area contributed by atoms with Crippen molar-refractivity contribution in [2.75, 3.05) is 37.7 Å². The highest BCUT2D eigenvalue weighted by Gasteiger charge is 2.43. The summed E-state index contributed by atoms with van der Waals surface area (Å²) in [5.74, 6) is -1.10. The van der Waals surface area contributed by atoms with Crippen LogP contribution >= 0.6 is 0 Å². The number of hydrogen-bond donors (Lipinski definition) is 1. The van der Waals surface area contributed by atoms with Gasteiger partial charge in [-0.05, 0) is 25.0 Å². The molecule has 4 heterocycles. The summed E-state index contributed by atoms with van der Waals surface area (Å²) >= 11 is 0. The molecule has 0 radical (unpaired) electrons. The molecule has 3 saturated heterocycles. The van der Waals surface area contributed by atoms with Crippen LogP contribution in [0.3, 0.4) is 0 Å². The number of nitrogens with zero attached hydrogens (tertiary/aromatic N) is 3. The molecule has 10 heteroatoms. The van der Waals surface area contributed by atoms with Crippen molar-refractivity contribution in [1.29, 1.82) is 0 Å². The van der Waals surface area contributed by atoms with Crippen molar-refractivity contribution in [3.05, 3.63) is 24.0 Å². The van der Waals surface area contributed by atoms with E-state index in [1.807, 2.05) is 12.1 Å². The molecule has 1 N–H and O–H groups in total. The summed E-state index contributed by atoms with van der Waals surface area (Å²) in [4.78, 5) is 31.1. The molecule has 0 aliphatic carbocycles. The van der Waals surface area contributed by atoms with Crippen LogP contribution in [0.4, 0.5) is 23.7 Å². The van der Waals surface area contributed by atoms with Gasteiger partial charge in [0.25, 0.3) is 0 Å². The second kappa shape index (κ2) is 7.72. The van der Waals surface area contributed by atoms with Gasteiger partial charge >= 0.3 is 12.3 Å². The highest BCUT2D eigenvalue weighted by Crippen LogP contribution is 2.35. The van der Waals surface area contributed by atoms with Gasteiger partial charge in [0.2, 0.25) is 5.91 Å². The Morgan fingerprint density at radius 3 is 2.66 bits per heavy atom. The number of alkyl halides is 3. The number of pyridine rings is 1. The van der Waals surface area contributed by atoms with Crippen LogP contribution in [0.25, 0.3) is 0 Å². The zero-order valence-electron chi connectivity index (χ0n) is 15.8. The van der Waals surface area contributed by atoms with E-state index in [-0.39, 0.29) is 30.8 Å². The molecule has 2 amide bonds. The van der Waals surface area contributed by atoms with Gasteiger partial charge in [-0.25, -0.2) is 4.79 Å². The number of hydrogen-bond acceptors (Lipinski definition) is 5. The van der Waals surface area contributed by atoms with Crippen LogP contribution < -0.4 is 10.2 Å². The van der Waals surface area contributed by atoms with E-state index >= 15 is 0 Å². The van der Waals surface area contributed by atoms with Crippen LogP contribution in [0.5, 0.6) is 0 Å². The highest BCUT2D eigenvalue weighted by molar-refractivity contribution is 5.77. The Morgan fingerprint density at radius 2 is 2.07 bits per heavy atom. The van der Waals surface area contributed by atoms with Gasteiger partial charge in [-0.1, -0.05) is 0 Å². The first kappa shape index (κ1) is 19.8. The predicted octanol–water partition coefficient (Wildman–Crippen LogP) is 2.28. The number of nitrogens with one attached hydrogen (secondary N) is 1. The van der Waals surface area contributed by atoms with Crippen LogP contribution in [0, 0.1) is 5.92 Å². The van der Waals surface area contributed by atoms with Crippen molar-refractivity contribution in [3.63, 3.8) is 0 Å². The number of carbonyl (C=O) groups excluding carboxylic acids is 2. The van der Waals surface area contributed by atoms with E-state index in [2.05, 4.69) is 10.3 Å². The van der Waals surface area contributed by atoms with Gasteiger partial charge in [-0.2, -0.15) is 13.2 Å². The third-order valence-electron chi connectivity index (χ3n) is 5.88. The van der Waals surface area contributed by atoms with Crippen molar-refractivity contribution < 1.29 is 27.5 Å². The summed E-state index contributed by atoms with van der Waals surface area (Å²) in [6, 6.07) is 3.54. The zero-order valence-corrected chi connectivity index (χ0v) is 15.8. The Morgan fingerprint density at radius 1 is 1.28 bits per heavy atom. The number of likely N-dealkylation sites (tertiary alicyclic amines) is 1. The second-order valence-corrected chi connectivity index (χ2v) is 7.89. The van der Waals surface area contributed by atoms with Gasteiger partial charge in [-0.3, -0.25) is 9.78 Å². The third-order valence-corrected chi connectivity index (χ3v) is 5.88. The molecule has 1 aromatic rings. The summed E-state index contributed by atoms with van der Waals surface area (Å²) in [5.41, 5.74) is 1.55. The number of aromatic nitrogens is 1. The summed E-state index contributed by atoms with van der Waals surface area (Å²) in [6.45, 7) is 1.81. The van der Waals surface area contributed by atoms with E-state index < -0.39 is 18.2 Å². The quantitative estimate of drug-likeness (QED) is 0.803. The summed E-state index contributed by atoms with van der Waals surface area (Å²) in [7, 11) is 0. The fourth-order valence-corrected chi connectivity index (χ4v) is 3.99. The maximum Gasteiger partial charge on any atom is 0.407 e. The number of anilines is 1. The van der Waals surface area contributed by atoms with Gasteiger partial charge in [0.1, 0.15) is 6.61 Å². The molecular weight excluding hydrogens is 389 g/mol. The van der Waals surface area contributed by atoms with E-state index in [0.717, 1.165) is 5.69 Å². The van der Waals surface area contributed by atoms with Crippen molar-refractivity contribution >= 4 is 17.7 Å². The van der Waals surface area contributed by atoms with Gasteiger partial charge in [0, 0.05) is 44.2 Å². The first-order valence-electron chi connectivity index (χ1n) is 9.78. The van der Waals surface area contributed by atoms with E-state index in [0.29, 0.717) is 44.8 Å². The molecule has 7 nitrogen and oxygen atoms in total. The highest BCUT2D eigenvalue weighted by atomic mass is 19.4. The SMILES string of the molecule is O=C1N[C@H](CCC(=O)N2CC(c3ccc(N4CCC(C(F)(F)F)C4)cn3)C2)CO1. The summed E-state index contributed by atoms with van der Waals surface area (Å²) in [6.07, 6.45) is -1.96. The number of halogens is 3. The van der Waals surface area contributed by atoms with Crippen molar-refractivity contribution in [2.24, 2.45) is 5.92 Å². The maximum atomic E-state index is 12.8. The third kappa shape index (κ3) is 4.40. The van der Waals surface area contributed by atoms with Crippen molar-refractivity contribution in [3.8, 4) is 0 Å². The van der Waals surface area contributed by atoms with Crippen LogP contribution in [0.15, 0.2) is 18.3 Å². The number of rotatable bonds is 5. The summed E-state index contributed by atoms with van der Waals surface area (Å²) < 4.78 is 43.3. The maximum absolute atomic E-state index is 12.8. The molecule has 0 bridgehead atoms. The molecule has 158 valence electrons. The Hall–Kier alpha value is -2.52. The largest absolute Gasteiger partial charge is 0.447 e. The van der Waals surface area contributed by atoms with Gasteiger partial charge in [0.05, 0.1) is 23.8 Å². The first-order chi connectivity index (χ1) is 13.8. The lowest BCUT2D eigenvalue weighted by molar-refractivity contribution is -0.168. The smallest absolute Gasteiger partial charge is 0.407 e. The minimum Gasteiger partial charge on any atom is -0.447 e. The first-order valence-corrected chi connectivity index (χ1v) is 9.78. The average Bonchev–Trinajstić information content (AvgIpc) is 3.28. The summed E-state index contributed by atoms with van der Waals surface area (Å²) in [5, 5.41) is 2.65. The lowest BCUT2D eigenvalue weighted by Crippen LogP contribution is -2.49. The molecule has 1 aromatic heterocycles. The number of carbonyl (C=O) groups is 2. The van der Waals surface area contributed by atoms with Gasteiger partial charge in [-0.15, -0.1) is 0 Å². The second-order valence-electron chi connectivity index (χ2n) is 7.89. The fraction of sp³-hybridized carbons (Fsp3) is 0.632. The van der Waals surface area contributed by atoms with Crippen LogP contribution in [-0.4, -0.2) is 66.9 Å². The van der Waals surface area contributed by atoms with Crippen LogP contribution in [-0.2, 0) is 9.53 Å². The van der Waals surface area contributed by atoms with Crippen LogP contribution in [0.2, 0.25) is 0 Å². The minimum absolute atomic E-state index is 0.0251. The number of alkyl carbamates (subject to hydrolysis) is 1. The molecule has 0 aromatic carbocycles. The molecule has 3 aliphatic rings. The molecule has 3 fully saturated rings. The molecule has 1 unspecified atom stereocenters. The van der Waals surface area contributed by atoms with Crippen molar-refractivity contribution in [1.82, 2.24) is 15.2 Å². The topological polar surface area (TPSA) is 74.8 Å². The van der Waals surface area contributed by atoms with Gasteiger partial charge in [0.15, 0.2) is 0 Å². The van der Waals surface area contributed by atoms with E-state index in [1.54, 1.807) is 16.0 Å². The minimum atomic E-state index is -4.15. The molecule has 0 saturated carbocycles. The Labute approximate surface area is 166 Å². The monoisotopic (exact) mass is 412 g/mol. The van der Waals surface area contributed by atoms with Crippen LogP contribution in [0.1, 0.15) is 30.9 Å². The average molecular weight is 412 g/mol. The molecule has 3 aliphatic heterocycles. The van der Waals surface area contributed by atoms with Crippen molar-refractivity contribution in [2.45, 2.75) is 37.4 Å². The standard InChI is InChI=1S/C19H23F3N4O3/c20-19(21,22)13-5-6-25(10-13)15-2-3-16(23-7-15)12-8-26(9-12)17(27)4-1-14-11-29-18(28)24-14/h2-3,7,12-14H,1,4-6,8-11H2,(H,24,28)/t13?,14-/m1/s1. The van der Waals surface area contributed by atoms with E-state index in [1.165, 1.54) is 0 Å². The molecular formula is C19H23F3N4O3. The normalized spacial score (nSPS) is 25.0. The molecule has 2 atom stereocenters. The zero-order chi connectivity index (χ0) is 20.6. The lowest BCUT2D eigenvalue weighted by Gasteiger charge is -2.39. The number of cyclic esters (lactones) is 1. The Bertz CT molecular complexity index is 765. The number of amides is 2. The lowest BCUT2D eigenvalue weighted by atomic mass is 9.95. The molecule has 0 spiro atoms. The van der Waals surface area contributed by atoms with Gasteiger partial charge < -0.3 is 19.9 Å².